The van der Waals surface area contributed by atoms with Gasteiger partial charge in [-0.15, -0.1) is 11.8 Å². The summed E-state index contributed by atoms with van der Waals surface area (Å²) < 4.78 is 5.47. The van der Waals surface area contributed by atoms with E-state index in [2.05, 4.69) is 11.1 Å². The quantitative estimate of drug-likeness (QED) is 0.608. The van der Waals surface area contributed by atoms with Gasteiger partial charge in [-0.3, -0.25) is 4.90 Å². The van der Waals surface area contributed by atoms with Crippen LogP contribution in [0, 0.1) is 11.3 Å². The number of rotatable bonds is 4. The Labute approximate surface area is 167 Å². The van der Waals surface area contributed by atoms with Gasteiger partial charge in [0.05, 0.1) is 23.4 Å². The number of allylic oxidation sites excluding steroid dienone is 2. The van der Waals surface area contributed by atoms with Crippen molar-refractivity contribution in [3.8, 4) is 6.07 Å². The molecule has 140 valence electrons. The number of benzene rings is 1. The molecule has 1 aromatic carbocycles. The molecule has 0 bridgehead atoms. The van der Waals surface area contributed by atoms with Crippen molar-refractivity contribution in [1.29, 1.82) is 5.26 Å². The summed E-state index contributed by atoms with van der Waals surface area (Å²) in [6.45, 7) is 5.40. The minimum atomic E-state index is -0.488. The van der Waals surface area contributed by atoms with Crippen molar-refractivity contribution in [3.05, 3.63) is 51.8 Å². The van der Waals surface area contributed by atoms with Crippen LogP contribution in [-0.4, -0.2) is 28.4 Å². The summed E-state index contributed by atoms with van der Waals surface area (Å²) in [7, 11) is 0. The Hall–Kier alpha value is -2.37. The van der Waals surface area contributed by atoms with Crippen LogP contribution >= 0.6 is 23.5 Å². The van der Waals surface area contributed by atoms with E-state index in [0.717, 1.165) is 10.5 Å². The lowest BCUT2D eigenvalue weighted by molar-refractivity contribution is -0.143. The van der Waals surface area contributed by atoms with E-state index >= 15 is 0 Å². The van der Waals surface area contributed by atoms with Crippen molar-refractivity contribution >= 4 is 34.7 Å². The molecule has 0 radical (unpaired) electrons. The molecular formula is C19H20N4O2S2. The molecule has 1 aromatic rings. The van der Waals surface area contributed by atoms with E-state index in [1.54, 1.807) is 37.4 Å². The summed E-state index contributed by atoms with van der Waals surface area (Å²) >= 11 is 2.86. The SMILES string of the molecule is CSc1ccc([C@@H]2C(C(=O)OC(C)C)=C(C)N=C3SC(C#N)=C(N)N32)cc1. The van der Waals surface area contributed by atoms with E-state index in [1.807, 2.05) is 30.5 Å². The van der Waals surface area contributed by atoms with Crippen LogP contribution in [0.5, 0.6) is 0 Å². The number of nitrogens with two attached hydrogens (primary N) is 1. The number of ether oxygens (including phenoxy) is 1. The summed E-state index contributed by atoms with van der Waals surface area (Å²) in [5.74, 6) is -0.116. The molecule has 2 aliphatic rings. The molecule has 0 saturated heterocycles. The Morgan fingerprint density at radius 3 is 2.63 bits per heavy atom. The zero-order chi connectivity index (χ0) is 19.7. The highest BCUT2D eigenvalue weighted by molar-refractivity contribution is 8.17. The number of hydrogen-bond acceptors (Lipinski definition) is 8. The first-order valence-corrected chi connectivity index (χ1v) is 10.4. The van der Waals surface area contributed by atoms with Gasteiger partial charge in [-0.1, -0.05) is 12.1 Å². The molecular weight excluding hydrogens is 380 g/mol. The average Bonchev–Trinajstić information content (AvgIpc) is 2.95. The van der Waals surface area contributed by atoms with Crippen molar-refractivity contribution in [2.45, 2.75) is 37.8 Å². The predicted octanol–water partition coefficient (Wildman–Crippen LogP) is 3.74. The van der Waals surface area contributed by atoms with Gasteiger partial charge in [0, 0.05) is 4.90 Å². The number of hydrogen-bond donors (Lipinski definition) is 1. The molecule has 0 unspecified atom stereocenters. The fourth-order valence-corrected chi connectivity index (χ4v) is 4.31. The first-order chi connectivity index (χ1) is 12.9. The minimum Gasteiger partial charge on any atom is -0.459 e. The second-order valence-corrected chi connectivity index (χ2v) is 8.18. The maximum Gasteiger partial charge on any atom is 0.338 e. The van der Waals surface area contributed by atoms with Crippen molar-refractivity contribution in [2.75, 3.05) is 6.26 Å². The molecule has 2 N–H and O–H groups in total. The number of nitrogens with zero attached hydrogens (tertiary/aromatic N) is 3. The lowest BCUT2D eigenvalue weighted by Crippen LogP contribution is -2.39. The standard InChI is InChI=1S/C19H20N4O2S2/c1-10(2)25-18(24)15-11(3)22-19-23(17(21)14(9-20)27-19)16(15)12-5-7-13(26-4)8-6-12/h5-8,10,16H,21H2,1-4H3/t16-/m1/s1. The largest absolute Gasteiger partial charge is 0.459 e. The molecule has 0 aromatic heterocycles. The molecule has 2 aliphatic heterocycles. The van der Waals surface area contributed by atoms with Gasteiger partial charge < -0.3 is 10.5 Å². The van der Waals surface area contributed by atoms with E-state index in [1.165, 1.54) is 11.8 Å². The Morgan fingerprint density at radius 2 is 2.07 bits per heavy atom. The monoisotopic (exact) mass is 400 g/mol. The van der Waals surface area contributed by atoms with Crippen molar-refractivity contribution < 1.29 is 9.53 Å². The number of thioether (sulfide) groups is 2. The predicted molar refractivity (Wildman–Crippen MR) is 109 cm³/mol. The van der Waals surface area contributed by atoms with Crippen LogP contribution in [0.4, 0.5) is 0 Å². The molecule has 8 heteroatoms. The second-order valence-electron chi connectivity index (χ2n) is 6.32. The van der Waals surface area contributed by atoms with Gasteiger partial charge in [0.2, 0.25) is 0 Å². The summed E-state index contributed by atoms with van der Waals surface area (Å²) in [6, 6.07) is 9.56. The maximum absolute atomic E-state index is 12.9. The highest BCUT2D eigenvalue weighted by Crippen LogP contribution is 2.45. The zero-order valence-corrected chi connectivity index (χ0v) is 17.1. The van der Waals surface area contributed by atoms with Crippen LogP contribution < -0.4 is 5.73 Å². The van der Waals surface area contributed by atoms with Crippen molar-refractivity contribution in [2.24, 2.45) is 10.7 Å². The first kappa shape index (κ1) is 19.4. The van der Waals surface area contributed by atoms with E-state index in [0.29, 0.717) is 27.2 Å². The normalized spacial score (nSPS) is 19.2. The van der Waals surface area contributed by atoms with E-state index in [9.17, 15) is 10.1 Å². The minimum absolute atomic E-state index is 0.252. The van der Waals surface area contributed by atoms with Gasteiger partial charge >= 0.3 is 5.97 Å². The van der Waals surface area contributed by atoms with Crippen molar-refractivity contribution in [3.63, 3.8) is 0 Å². The summed E-state index contributed by atoms with van der Waals surface area (Å²) in [5.41, 5.74) is 8.14. The molecule has 3 rings (SSSR count). The number of aliphatic imine (C=N–C) groups is 1. The van der Waals surface area contributed by atoms with Crippen LogP contribution in [0.15, 0.2) is 56.1 Å². The Morgan fingerprint density at radius 1 is 1.41 bits per heavy atom. The number of fused-ring (bicyclic) bond motifs is 1. The number of esters is 1. The van der Waals surface area contributed by atoms with Crippen molar-refractivity contribution in [1.82, 2.24) is 4.90 Å². The number of carbonyl (C=O) groups is 1. The fraction of sp³-hybridized carbons (Fsp3) is 0.316. The molecule has 1 atom stereocenters. The number of carbonyl (C=O) groups excluding carboxylic acids is 1. The van der Waals surface area contributed by atoms with Gasteiger partial charge in [-0.2, -0.15) is 5.26 Å². The van der Waals surface area contributed by atoms with Gasteiger partial charge in [0.25, 0.3) is 0 Å². The average molecular weight is 401 g/mol. The summed E-state index contributed by atoms with van der Waals surface area (Å²) in [5, 5.41) is 9.97. The maximum atomic E-state index is 12.9. The molecule has 0 fully saturated rings. The smallest absolute Gasteiger partial charge is 0.338 e. The highest BCUT2D eigenvalue weighted by atomic mass is 32.2. The van der Waals surface area contributed by atoms with Gasteiger partial charge in [-0.05, 0) is 56.5 Å². The Kier molecular flexibility index (Phi) is 5.53. The summed E-state index contributed by atoms with van der Waals surface area (Å²) in [4.78, 5) is 20.6. The van der Waals surface area contributed by atoms with Crippen LogP contribution in [0.1, 0.15) is 32.4 Å². The molecule has 0 saturated carbocycles. The van der Waals surface area contributed by atoms with E-state index < -0.39 is 12.0 Å². The summed E-state index contributed by atoms with van der Waals surface area (Å²) in [6.07, 6.45) is 1.76. The van der Waals surface area contributed by atoms with Gasteiger partial charge in [-0.25, -0.2) is 9.79 Å². The topological polar surface area (TPSA) is 91.7 Å². The zero-order valence-electron chi connectivity index (χ0n) is 15.5. The Bertz CT molecular complexity index is 911. The van der Waals surface area contributed by atoms with Gasteiger partial charge in [0.1, 0.15) is 16.8 Å². The molecule has 27 heavy (non-hydrogen) atoms. The van der Waals surface area contributed by atoms with E-state index in [4.69, 9.17) is 10.5 Å². The first-order valence-electron chi connectivity index (χ1n) is 8.38. The molecule has 0 amide bonds. The number of nitriles is 1. The van der Waals surface area contributed by atoms with Crippen LogP contribution in [-0.2, 0) is 9.53 Å². The van der Waals surface area contributed by atoms with Crippen LogP contribution in [0.3, 0.4) is 0 Å². The fourth-order valence-electron chi connectivity index (χ4n) is 2.98. The van der Waals surface area contributed by atoms with Crippen LogP contribution in [0.2, 0.25) is 0 Å². The third-order valence-corrected chi connectivity index (χ3v) is 5.89. The number of amidine groups is 1. The van der Waals surface area contributed by atoms with Gasteiger partial charge in [0.15, 0.2) is 5.17 Å². The third kappa shape index (κ3) is 3.57. The molecule has 0 spiro atoms. The second kappa shape index (κ2) is 7.71. The van der Waals surface area contributed by atoms with E-state index in [-0.39, 0.29) is 6.10 Å². The lowest BCUT2D eigenvalue weighted by Gasteiger charge is -2.35. The highest BCUT2D eigenvalue weighted by Gasteiger charge is 2.42. The van der Waals surface area contributed by atoms with Crippen LogP contribution in [0.25, 0.3) is 0 Å². The molecule has 6 nitrogen and oxygen atoms in total. The Balaban J connectivity index is 2.14. The molecule has 2 heterocycles. The lowest BCUT2D eigenvalue weighted by atomic mass is 9.94. The molecule has 0 aliphatic carbocycles. The third-order valence-electron chi connectivity index (χ3n) is 4.17.